The molecule has 4 aromatic heterocycles. The van der Waals surface area contributed by atoms with Gasteiger partial charge in [-0.3, -0.25) is 0 Å². The summed E-state index contributed by atoms with van der Waals surface area (Å²) in [5, 5.41) is 6.50. The molecule has 0 spiro atoms. The Hall–Kier alpha value is -7.44. The Kier molecular flexibility index (Phi) is 6.75. The molecular weight excluding hydrogens is 665 g/mol. The second-order valence-electron chi connectivity index (χ2n) is 13.4. The second-order valence-corrected chi connectivity index (χ2v) is 13.4. The van der Waals surface area contributed by atoms with Crippen molar-refractivity contribution in [2.45, 2.75) is 0 Å². The maximum atomic E-state index is 6.25. The molecule has 0 saturated heterocycles. The molecule has 0 radical (unpaired) electrons. The summed E-state index contributed by atoms with van der Waals surface area (Å²) in [6.07, 6.45) is 0. The molecule has 7 aromatic carbocycles. The number of fused-ring (bicyclic) bond motifs is 8. The SMILES string of the molecule is c1ccc(-c2nc(-c3ccc(-c4ccc5oc6ccccc6c5c4)cc3)nc(-c3ccc(-c4nc5oc6ccccc6c5c5ccccc45)cc3)n2)cc1. The first-order valence-corrected chi connectivity index (χ1v) is 17.9. The van der Waals surface area contributed by atoms with E-state index in [1.807, 2.05) is 72.8 Å². The van der Waals surface area contributed by atoms with Crippen LogP contribution in [0.25, 0.3) is 111 Å². The first-order chi connectivity index (χ1) is 26.7. The van der Waals surface area contributed by atoms with Crippen molar-refractivity contribution in [3.63, 3.8) is 0 Å². The fourth-order valence-corrected chi connectivity index (χ4v) is 7.51. The third kappa shape index (κ3) is 4.96. The van der Waals surface area contributed by atoms with Crippen LogP contribution >= 0.6 is 0 Å². The number of benzene rings is 7. The minimum atomic E-state index is 0.595. The molecule has 0 saturated carbocycles. The van der Waals surface area contributed by atoms with Gasteiger partial charge in [0.05, 0.1) is 11.1 Å². The number of aromatic nitrogens is 4. The molecule has 0 aliphatic heterocycles. The zero-order valence-electron chi connectivity index (χ0n) is 28.8. The Bertz CT molecular complexity index is 3200. The highest BCUT2D eigenvalue weighted by Gasteiger charge is 2.18. The largest absolute Gasteiger partial charge is 0.456 e. The van der Waals surface area contributed by atoms with E-state index in [4.69, 9.17) is 28.8 Å². The van der Waals surface area contributed by atoms with Crippen LogP contribution in [0.5, 0.6) is 0 Å². The Morgan fingerprint density at radius 2 is 0.778 bits per heavy atom. The van der Waals surface area contributed by atoms with Gasteiger partial charge in [-0.15, -0.1) is 0 Å². The standard InChI is InChI=1S/C48H28N4O2/c1-2-10-31(11-3-1)45-50-46(32-22-18-29(19-23-32)34-26-27-42-39(28-34)35-12-6-8-16-40(35)53-42)52-47(51-45)33-24-20-30(21-25-33)44-37-14-5-4-13-36(37)43-38-15-7-9-17-41(38)54-48(43)49-44/h1-28H. The van der Waals surface area contributed by atoms with Crippen molar-refractivity contribution in [2.75, 3.05) is 0 Å². The first-order valence-electron chi connectivity index (χ1n) is 17.9. The fraction of sp³-hybridized carbons (Fsp3) is 0. The molecule has 252 valence electrons. The van der Waals surface area contributed by atoms with Crippen LogP contribution in [0.15, 0.2) is 179 Å². The third-order valence-corrected chi connectivity index (χ3v) is 10.2. The van der Waals surface area contributed by atoms with Crippen molar-refractivity contribution in [2.24, 2.45) is 0 Å². The summed E-state index contributed by atoms with van der Waals surface area (Å²) in [7, 11) is 0. The van der Waals surface area contributed by atoms with E-state index in [-0.39, 0.29) is 0 Å². The van der Waals surface area contributed by atoms with Crippen molar-refractivity contribution < 1.29 is 8.83 Å². The maximum Gasteiger partial charge on any atom is 0.228 e. The predicted octanol–water partition coefficient (Wildman–Crippen LogP) is 12.6. The molecule has 4 heterocycles. The van der Waals surface area contributed by atoms with Crippen molar-refractivity contribution in [1.29, 1.82) is 0 Å². The van der Waals surface area contributed by atoms with Crippen LogP contribution in [0.3, 0.4) is 0 Å². The summed E-state index contributed by atoms with van der Waals surface area (Å²) in [6.45, 7) is 0. The van der Waals surface area contributed by atoms with Gasteiger partial charge in [0.15, 0.2) is 17.5 Å². The van der Waals surface area contributed by atoms with Crippen LogP contribution < -0.4 is 0 Å². The number of para-hydroxylation sites is 2. The van der Waals surface area contributed by atoms with Gasteiger partial charge in [-0.25, -0.2) is 19.9 Å². The number of pyridine rings is 1. The average molecular weight is 693 g/mol. The quantitative estimate of drug-likeness (QED) is 0.179. The minimum Gasteiger partial charge on any atom is -0.456 e. The maximum absolute atomic E-state index is 6.25. The lowest BCUT2D eigenvalue weighted by atomic mass is 9.99. The van der Waals surface area contributed by atoms with Crippen LogP contribution in [0.4, 0.5) is 0 Å². The zero-order chi connectivity index (χ0) is 35.6. The van der Waals surface area contributed by atoms with Gasteiger partial charge in [-0.05, 0) is 40.8 Å². The van der Waals surface area contributed by atoms with Crippen LogP contribution in [-0.4, -0.2) is 19.9 Å². The zero-order valence-corrected chi connectivity index (χ0v) is 28.8. The molecule has 0 amide bonds. The summed E-state index contributed by atoms with van der Waals surface area (Å²) in [4.78, 5) is 20.0. The van der Waals surface area contributed by atoms with Crippen molar-refractivity contribution in [3.8, 4) is 56.5 Å². The molecule has 0 bridgehead atoms. The van der Waals surface area contributed by atoms with Gasteiger partial charge < -0.3 is 8.83 Å². The average Bonchev–Trinajstić information content (AvgIpc) is 3.82. The minimum absolute atomic E-state index is 0.595. The molecular formula is C48H28N4O2. The van der Waals surface area contributed by atoms with Gasteiger partial charge in [0.1, 0.15) is 16.7 Å². The topological polar surface area (TPSA) is 77.8 Å². The van der Waals surface area contributed by atoms with E-state index in [1.165, 1.54) is 0 Å². The van der Waals surface area contributed by atoms with Crippen LogP contribution in [0, 0.1) is 0 Å². The van der Waals surface area contributed by atoms with Gasteiger partial charge in [0.25, 0.3) is 0 Å². The van der Waals surface area contributed by atoms with Crippen LogP contribution in [0.2, 0.25) is 0 Å². The van der Waals surface area contributed by atoms with E-state index in [0.717, 1.165) is 88.1 Å². The third-order valence-electron chi connectivity index (χ3n) is 10.2. The smallest absolute Gasteiger partial charge is 0.228 e. The van der Waals surface area contributed by atoms with Gasteiger partial charge in [-0.2, -0.15) is 0 Å². The van der Waals surface area contributed by atoms with E-state index in [1.54, 1.807) is 0 Å². The summed E-state index contributed by atoms with van der Waals surface area (Å²) >= 11 is 0. The Morgan fingerprint density at radius 3 is 1.46 bits per heavy atom. The number of furan rings is 2. The van der Waals surface area contributed by atoms with Gasteiger partial charge in [0.2, 0.25) is 5.71 Å². The molecule has 0 aliphatic rings. The molecule has 0 fully saturated rings. The number of nitrogens with zero attached hydrogens (tertiary/aromatic N) is 4. The van der Waals surface area contributed by atoms with E-state index >= 15 is 0 Å². The molecule has 6 heteroatoms. The Balaban J connectivity index is 0.981. The molecule has 54 heavy (non-hydrogen) atoms. The lowest BCUT2D eigenvalue weighted by molar-refractivity contribution is 0.655. The van der Waals surface area contributed by atoms with Crippen LogP contribution in [-0.2, 0) is 0 Å². The highest BCUT2D eigenvalue weighted by Crippen LogP contribution is 2.38. The van der Waals surface area contributed by atoms with Gasteiger partial charge in [-0.1, -0.05) is 146 Å². The molecule has 6 nitrogen and oxygen atoms in total. The van der Waals surface area contributed by atoms with Crippen molar-refractivity contribution >= 4 is 54.8 Å². The van der Waals surface area contributed by atoms with Gasteiger partial charge in [0, 0.05) is 43.8 Å². The van der Waals surface area contributed by atoms with Crippen molar-refractivity contribution in [3.05, 3.63) is 170 Å². The first kappa shape index (κ1) is 30.2. The highest BCUT2D eigenvalue weighted by molar-refractivity contribution is 6.20. The van der Waals surface area contributed by atoms with E-state index < -0.39 is 0 Å². The Morgan fingerprint density at radius 1 is 0.296 bits per heavy atom. The molecule has 0 N–H and O–H groups in total. The number of hydrogen-bond acceptors (Lipinski definition) is 6. The normalized spacial score (nSPS) is 11.7. The lowest BCUT2D eigenvalue weighted by Crippen LogP contribution is -2.00. The monoisotopic (exact) mass is 692 g/mol. The van der Waals surface area contributed by atoms with E-state index in [9.17, 15) is 0 Å². The van der Waals surface area contributed by atoms with E-state index in [0.29, 0.717) is 23.2 Å². The second kappa shape index (κ2) is 12.1. The van der Waals surface area contributed by atoms with Crippen molar-refractivity contribution in [1.82, 2.24) is 19.9 Å². The highest BCUT2D eigenvalue weighted by atomic mass is 16.3. The molecule has 0 atom stereocenters. The number of hydrogen-bond donors (Lipinski definition) is 0. The molecule has 11 aromatic rings. The Labute approximate surface area is 309 Å². The predicted molar refractivity (Wildman–Crippen MR) is 217 cm³/mol. The van der Waals surface area contributed by atoms with Gasteiger partial charge >= 0.3 is 0 Å². The summed E-state index contributed by atoms with van der Waals surface area (Å²) in [6, 6.07) is 57.7. The van der Waals surface area contributed by atoms with Crippen LogP contribution in [0.1, 0.15) is 0 Å². The molecule has 11 rings (SSSR count). The fourth-order valence-electron chi connectivity index (χ4n) is 7.51. The van der Waals surface area contributed by atoms with E-state index in [2.05, 4.69) is 97.1 Å². The summed E-state index contributed by atoms with van der Waals surface area (Å²) < 4.78 is 12.3. The lowest BCUT2D eigenvalue weighted by Gasteiger charge is -2.10. The molecule has 0 unspecified atom stereocenters. The summed E-state index contributed by atoms with van der Waals surface area (Å²) in [5.41, 5.74) is 10.00. The molecule has 0 aliphatic carbocycles. The number of rotatable bonds is 5. The summed E-state index contributed by atoms with van der Waals surface area (Å²) in [5.74, 6) is 1.81.